The fraction of sp³-hybridized carbons (Fsp3) is 0.353. The molecule has 2 aromatic rings. The van der Waals surface area contributed by atoms with Gasteiger partial charge in [-0.3, -0.25) is 0 Å². The monoisotopic (exact) mass is 330 g/mol. The molecule has 1 aromatic heterocycles. The van der Waals surface area contributed by atoms with Gasteiger partial charge in [0, 0.05) is 11.5 Å². The summed E-state index contributed by atoms with van der Waals surface area (Å²) in [6.07, 6.45) is 1.53. The van der Waals surface area contributed by atoms with Crippen LogP contribution in [0.5, 0.6) is 11.5 Å². The first-order valence-corrected chi connectivity index (χ1v) is 8.02. The molecule has 2 rings (SSSR count). The topological polar surface area (TPSA) is 72.2 Å². The number of thiazole rings is 1. The Balaban J connectivity index is 2.23. The van der Waals surface area contributed by atoms with Crippen molar-refractivity contribution in [2.75, 3.05) is 6.61 Å². The van der Waals surface area contributed by atoms with Gasteiger partial charge in [-0.1, -0.05) is 20.8 Å². The van der Waals surface area contributed by atoms with Crippen LogP contribution in [-0.2, 0) is 5.41 Å². The normalized spacial score (nSPS) is 10.9. The van der Waals surface area contributed by atoms with Gasteiger partial charge in [0.15, 0.2) is 11.5 Å². The highest BCUT2D eigenvalue weighted by molar-refractivity contribution is 7.13. The summed E-state index contributed by atoms with van der Waals surface area (Å²) in [4.78, 5) is 17.0. The Kier molecular flexibility index (Phi) is 5.02. The van der Waals surface area contributed by atoms with Gasteiger partial charge in [0.25, 0.3) is 0 Å². The van der Waals surface area contributed by atoms with Crippen molar-refractivity contribution in [2.24, 2.45) is 0 Å². The number of hydrogen-bond acceptors (Lipinski definition) is 6. The molecule has 5 nitrogen and oxygen atoms in total. The van der Waals surface area contributed by atoms with E-state index in [1.165, 1.54) is 17.5 Å². The summed E-state index contributed by atoms with van der Waals surface area (Å²) < 4.78 is 10.8. The Bertz CT molecular complexity index is 754. The minimum absolute atomic E-state index is 0.117. The zero-order chi connectivity index (χ0) is 17.0. The molecular formula is C17H18N2O3S. The van der Waals surface area contributed by atoms with Gasteiger partial charge in [-0.25, -0.2) is 9.78 Å². The first-order chi connectivity index (χ1) is 10.8. The lowest BCUT2D eigenvalue weighted by molar-refractivity contribution is 0.0733. The Morgan fingerprint density at radius 1 is 1.35 bits per heavy atom. The number of esters is 1. The van der Waals surface area contributed by atoms with Crippen molar-refractivity contribution >= 4 is 17.3 Å². The molecule has 0 unspecified atom stereocenters. The number of hydrogen-bond donors (Lipinski definition) is 0. The highest BCUT2D eigenvalue weighted by atomic mass is 32.1. The number of carbonyl (C=O) groups excluding carboxylic acids is 1. The molecule has 1 heterocycles. The molecule has 0 fully saturated rings. The van der Waals surface area contributed by atoms with Crippen LogP contribution < -0.4 is 9.47 Å². The van der Waals surface area contributed by atoms with Crippen LogP contribution in [0.15, 0.2) is 24.4 Å². The number of ether oxygens (including phenoxy) is 2. The second-order valence-corrected chi connectivity index (χ2v) is 6.91. The number of nitriles is 1. The van der Waals surface area contributed by atoms with Crippen LogP contribution in [0.1, 0.15) is 47.9 Å². The zero-order valence-electron chi connectivity index (χ0n) is 13.5. The van der Waals surface area contributed by atoms with E-state index in [1.54, 1.807) is 18.2 Å². The Morgan fingerprint density at radius 3 is 2.65 bits per heavy atom. The van der Waals surface area contributed by atoms with Gasteiger partial charge < -0.3 is 9.47 Å². The van der Waals surface area contributed by atoms with Crippen molar-refractivity contribution in [3.8, 4) is 17.6 Å². The average Bonchev–Trinajstić information content (AvgIpc) is 2.99. The van der Waals surface area contributed by atoms with E-state index in [4.69, 9.17) is 14.7 Å². The first-order valence-electron chi connectivity index (χ1n) is 7.20. The molecule has 0 spiro atoms. The molecule has 0 aliphatic carbocycles. The van der Waals surface area contributed by atoms with E-state index in [0.29, 0.717) is 28.5 Å². The third kappa shape index (κ3) is 4.08. The Hall–Kier alpha value is -2.39. The number of benzene rings is 1. The van der Waals surface area contributed by atoms with Crippen LogP contribution >= 0.6 is 11.3 Å². The standard InChI is InChI=1S/C17H18N2O3S/c1-5-21-13-8-11(9-18)6-7-12(13)22-15(20)14-10-19-16(23-14)17(2,3)4/h6-8,10H,5H2,1-4H3. The van der Waals surface area contributed by atoms with Crippen molar-refractivity contribution in [3.05, 3.63) is 39.8 Å². The van der Waals surface area contributed by atoms with E-state index in [9.17, 15) is 4.79 Å². The van der Waals surface area contributed by atoms with Crippen LogP contribution in [0.2, 0.25) is 0 Å². The first kappa shape index (κ1) is 17.0. The second-order valence-electron chi connectivity index (χ2n) is 5.88. The highest BCUT2D eigenvalue weighted by Gasteiger charge is 2.22. The predicted octanol–water partition coefficient (Wildman–Crippen LogP) is 3.93. The van der Waals surface area contributed by atoms with Crippen molar-refractivity contribution in [1.29, 1.82) is 5.26 Å². The lowest BCUT2D eigenvalue weighted by Gasteiger charge is -2.13. The molecule has 1 aromatic carbocycles. The van der Waals surface area contributed by atoms with Gasteiger partial charge in [-0.15, -0.1) is 11.3 Å². The van der Waals surface area contributed by atoms with Gasteiger partial charge in [-0.2, -0.15) is 5.26 Å². The number of aromatic nitrogens is 1. The molecule has 0 N–H and O–H groups in total. The lowest BCUT2D eigenvalue weighted by Crippen LogP contribution is -2.10. The van der Waals surface area contributed by atoms with Gasteiger partial charge >= 0.3 is 5.97 Å². The predicted molar refractivity (Wildman–Crippen MR) is 88.1 cm³/mol. The van der Waals surface area contributed by atoms with Crippen molar-refractivity contribution < 1.29 is 14.3 Å². The maximum atomic E-state index is 12.3. The van der Waals surface area contributed by atoms with E-state index in [0.717, 1.165) is 5.01 Å². The Labute approximate surface area is 139 Å². The van der Waals surface area contributed by atoms with Crippen molar-refractivity contribution in [2.45, 2.75) is 33.1 Å². The summed E-state index contributed by atoms with van der Waals surface area (Å²) in [6.45, 7) is 8.34. The van der Waals surface area contributed by atoms with Gasteiger partial charge in [0.2, 0.25) is 0 Å². The van der Waals surface area contributed by atoms with Gasteiger partial charge in [0.05, 0.1) is 29.4 Å². The maximum Gasteiger partial charge on any atom is 0.355 e. The summed E-state index contributed by atoms with van der Waals surface area (Å²) in [5, 5.41) is 9.81. The fourth-order valence-electron chi connectivity index (χ4n) is 1.80. The van der Waals surface area contributed by atoms with E-state index < -0.39 is 5.97 Å². The molecule has 0 amide bonds. The lowest BCUT2D eigenvalue weighted by atomic mass is 9.98. The van der Waals surface area contributed by atoms with Crippen LogP contribution in [-0.4, -0.2) is 17.6 Å². The summed E-state index contributed by atoms with van der Waals surface area (Å²) in [5.41, 5.74) is 0.328. The fourth-order valence-corrected chi connectivity index (χ4v) is 2.65. The van der Waals surface area contributed by atoms with Crippen LogP contribution in [0.3, 0.4) is 0 Å². The number of nitrogens with zero attached hydrogens (tertiary/aromatic N) is 2. The van der Waals surface area contributed by atoms with E-state index in [-0.39, 0.29) is 5.41 Å². The molecule has 0 aliphatic heterocycles. The quantitative estimate of drug-likeness (QED) is 0.627. The Morgan fingerprint density at radius 2 is 2.09 bits per heavy atom. The molecule has 0 saturated heterocycles. The molecule has 0 radical (unpaired) electrons. The van der Waals surface area contributed by atoms with Crippen molar-refractivity contribution in [3.63, 3.8) is 0 Å². The summed E-state index contributed by atoms with van der Waals surface area (Å²) in [6, 6.07) is 6.73. The minimum Gasteiger partial charge on any atom is -0.490 e. The number of rotatable bonds is 4. The van der Waals surface area contributed by atoms with E-state index in [2.05, 4.69) is 4.98 Å². The largest absolute Gasteiger partial charge is 0.490 e. The summed E-state index contributed by atoms with van der Waals surface area (Å²) in [7, 11) is 0. The summed E-state index contributed by atoms with van der Waals surface area (Å²) >= 11 is 1.32. The number of carbonyl (C=O) groups is 1. The molecule has 0 atom stereocenters. The van der Waals surface area contributed by atoms with Crippen LogP contribution in [0.25, 0.3) is 0 Å². The molecule has 0 aliphatic rings. The molecule has 0 saturated carbocycles. The van der Waals surface area contributed by atoms with Gasteiger partial charge in [-0.05, 0) is 19.1 Å². The average molecular weight is 330 g/mol. The minimum atomic E-state index is -0.483. The zero-order valence-corrected chi connectivity index (χ0v) is 14.4. The molecule has 6 heteroatoms. The van der Waals surface area contributed by atoms with Crippen LogP contribution in [0, 0.1) is 11.3 Å². The maximum absolute atomic E-state index is 12.3. The highest BCUT2D eigenvalue weighted by Crippen LogP contribution is 2.31. The second kappa shape index (κ2) is 6.80. The third-order valence-corrected chi connectivity index (χ3v) is 4.33. The summed E-state index contributed by atoms with van der Waals surface area (Å²) in [5.74, 6) is 0.186. The molecular weight excluding hydrogens is 312 g/mol. The molecule has 23 heavy (non-hydrogen) atoms. The smallest absolute Gasteiger partial charge is 0.355 e. The SMILES string of the molecule is CCOc1cc(C#N)ccc1OC(=O)c1cnc(C(C)(C)C)s1. The van der Waals surface area contributed by atoms with E-state index in [1.807, 2.05) is 33.8 Å². The van der Waals surface area contributed by atoms with E-state index >= 15 is 0 Å². The molecule has 0 bridgehead atoms. The third-order valence-electron chi connectivity index (χ3n) is 2.92. The van der Waals surface area contributed by atoms with Crippen LogP contribution in [0.4, 0.5) is 0 Å². The van der Waals surface area contributed by atoms with Gasteiger partial charge in [0.1, 0.15) is 4.88 Å². The molecule has 120 valence electrons. The van der Waals surface area contributed by atoms with Crippen molar-refractivity contribution in [1.82, 2.24) is 4.98 Å².